The Morgan fingerprint density at radius 2 is 2.00 bits per heavy atom. The molecular formula is C16H12BrClN2O5S. The molecule has 7 nitrogen and oxygen atoms in total. The van der Waals surface area contributed by atoms with Gasteiger partial charge in [-0.1, -0.05) is 0 Å². The van der Waals surface area contributed by atoms with Gasteiger partial charge in [0.05, 0.1) is 17.5 Å². The van der Waals surface area contributed by atoms with Crippen LogP contribution >= 0.6 is 27.5 Å². The van der Waals surface area contributed by atoms with Gasteiger partial charge in [0, 0.05) is 34.1 Å². The van der Waals surface area contributed by atoms with E-state index in [4.69, 9.17) is 16.3 Å². The molecule has 0 aliphatic heterocycles. The van der Waals surface area contributed by atoms with Crippen LogP contribution in [0.1, 0.15) is 5.56 Å². The highest BCUT2D eigenvalue weighted by atomic mass is 79.9. The van der Waals surface area contributed by atoms with Gasteiger partial charge in [0.1, 0.15) is 10.6 Å². The number of nitro benzene ring substituents is 1. The van der Waals surface area contributed by atoms with Crippen molar-refractivity contribution in [1.29, 1.82) is 0 Å². The van der Waals surface area contributed by atoms with E-state index in [0.29, 0.717) is 26.7 Å². The monoisotopic (exact) mass is 458 g/mol. The second kappa shape index (κ2) is 6.90. The Balaban J connectivity index is 2.25. The van der Waals surface area contributed by atoms with Crippen molar-refractivity contribution >= 4 is 54.1 Å². The Hall–Kier alpha value is -2.10. The van der Waals surface area contributed by atoms with Crippen LogP contribution in [0.2, 0.25) is 0 Å². The van der Waals surface area contributed by atoms with Crippen LogP contribution in [-0.4, -0.2) is 24.4 Å². The molecule has 0 fully saturated rings. The predicted molar refractivity (Wildman–Crippen MR) is 101 cm³/mol. The maximum atomic E-state index is 13.1. The van der Waals surface area contributed by atoms with E-state index in [9.17, 15) is 18.5 Å². The predicted octanol–water partition coefficient (Wildman–Crippen LogP) is 4.30. The highest BCUT2D eigenvalue weighted by Gasteiger charge is 2.24. The number of rotatable bonds is 5. The number of nitrogens with zero attached hydrogens (tertiary/aromatic N) is 2. The van der Waals surface area contributed by atoms with Gasteiger partial charge in [-0.3, -0.25) is 10.1 Å². The van der Waals surface area contributed by atoms with Crippen LogP contribution in [0, 0.1) is 10.1 Å². The molecule has 0 amide bonds. The average molecular weight is 460 g/mol. The largest absolute Gasteiger partial charge is 0.497 e. The molecule has 10 heteroatoms. The number of non-ortho nitro benzene ring substituents is 1. The summed E-state index contributed by atoms with van der Waals surface area (Å²) in [5.41, 5.74) is 0.664. The van der Waals surface area contributed by atoms with Gasteiger partial charge >= 0.3 is 0 Å². The van der Waals surface area contributed by atoms with E-state index in [2.05, 4.69) is 15.9 Å². The highest BCUT2D eigenvalue weighted by Crippen LogP contribution is 2.33. The lowest BCUT2D eigenvalue weighted by atomic mass is 10.2. The fourth-order valence-electron chi connectivity index (χ4n) is 2.60. The second-order valence-corrected chi connectivity index (χ2v) is 8.25. The summed E-state index contributed by atoms with van der Waals surface area (Å²) in [4.78, 5) is 10.5. The van der Waals surface area contributed by atoms with Crippen LogP contribution in [0.15, 0.2) is 52.0 Å². The summed E-state index contributed by atoms with van der Waals surface area (Å²) in [6, 6.07) is 8.49. The topological polar surface area (TPSA) is 91.4 Å². The number of alkyl halides is 1. The number of halogens is 2. The van der Waals surface area contributed by atoms with Crippen molar-refractivity contribution in [3.8, 4) is 5.75 Å². The minimum absolute atomic E-state index is 0.0178. The Kier molecular flexibility index (Phi) is 4.96. The molecule has 0 radical (unpaired) electrons. The van der Waals surface area contributed by atoms with Crippen LogP contribution in [0.4, 0.5) is 5.69 Å². The zero-order chi connectivity index (χ0) is 19.1. The molecule has 1 heterocycles. The molecule has 1 aromatic heterocycles. The van der Waals surface area contributed by atoms with E-state index >= 15 is 0 Å². The van der Waals surface area contributed by atoms with Crippen LogP contribution in [0.3, 0.4) is 0 Å². The summed E-state index contributed by atoms with van der Waals surface area (Å²) in [7, 11) is -2.48. The molecule has 0 aliphatic carbocycles. The van der Waals surface area contributed by atoms with Crippen molar-refractivity contribution in [3.05, 3.63) is 62.7 Å². The fraction of sp³-hybridized carbons (Fsp3) is 0.125. The minimum atomic E-state index is -3.96. The molecule has 26 heavy (non-hydrogen) atoms. The summed E-state index contributed by atoms with van der Waals surface area (Å²) in [5, 5.41) is 11.4. The van der Waals surface area contributed by atoms with Crippen LogP contribution in [0.25, 0.3) is 10.9 Å². The van der Waals surface area contributed by atoms with Gasteiger partial charge in [-0.25, -0.2) is 12.4 Å². The standard InChI is InChI=1S/C16H12BrClN2O5S/c1-25-12-3-5-16(14(17)7-12)26(23,24)19-9-10(8-18)13-6-11(20(21)22)2-4-15(13)19/h2-7,9H,8H2,1H3. The Labute approximate surface area is 162 Å². The van der Waals surface area contributed by atoms with E-state index in [1.54, 1.807) is 6.07 Å². The first kappa shape index (κ1) is 18.7. The van der Waals surface area contributed by atoms with Crippen molar-refractivity contribution in [2.45, 2.75) is 10.8 Å². The first-order valence-corrected chi connectivity index (χ1v) is 10.00. The van der Waals surface area contributed by atoms with E-state index < -0.39 is 14.9 Å². The molecule has 136 valence electrons. The zero-order valence-corrected chi connectivity index (χ0v) is 16.5. The number of nitro groups is 1. The van der Waals surface area contributed by atoms with Gasteiger partial charge in [0.15, 0.2) is 0 Å². The first-order valence-electron chi connectivity index (χ1n) is 7.23. The lowest BCUT2D eigenvalue weighted by molar-refractivity contribution is -0.384. The van der Waals surface area contributed by atoms with E-state index in [0.717, 1.165) is 3.97 Å². The van der Waals surface area contributed by atoms with E-state index in [1.807, 2.05) is 0 Å². The van der Waals surface area contributed by atoms with Gasteiger partial charge in [0.2, 0.25) is 0 Å². The maximum absolute atomic E-state index is 13.1. The van der Waals surface area contributed by atoms with Crippen molar-refractivity contribution in [2.75, 3.05) is 7.11 Å². The lowest BCUT2D eigenvalue weighted by Crippen LogP contribution is -2.12. The Morgan fingerprint density at radius 3 is 2.58 bits per heavy atom. The zero-order valence-electron chi connectivity index (χ0n) is 13.3. The van der Waals surface area contributed by atoms with Crippen molar-refractivity contribution in [1.82, 2.24) is 3.97 Å². The third kappa shape index (κ3) is 3.06. The summed E-state index contributed by atoms with van der Waals surface area (Å²) in [6.07, 6.45) is 1.38. The normalized spacial score (nSPS) is 11.7. The molecule has 0 spiro atoms. The number of ether oxygens (including phenoxy) is 1. The smallest absolute Gasteiger partial charge is 0.270 e. The molecular weight excluding hydrogens is 448 g/mol. The minimum Gasteiger partial charge on any atom is -0.497 e. The molecule has 0 atom stereocenters. The third-order valence-electron chi connectivity index (χ3n) is 3.87. The average Bonchev–Trinajstić information content (AvgIpc) is 2.99. The van der Waals surface area contributed by atoms with Gasteiger partial charge in [-0.15, -0.1) is 11.6 Å². The summed E-state index contributed by atoms with van der Waals surface area (Å²) in [5.74, 6) is 0.523. The molecule has 0 aliphatic rings. The summed E-state index contributed by atoms with van der Waals surface area (Å²) < 4.78 is 32.8. The molecule has 2 aromatic carbocycles. The second-order valence-electron chi connectivity index (χ2n) is 5.34. The van der Waals surface area contributed by atoms with Crippen molar-refractivity contribution < 1.29 is 18.1 Å². The highest BCUT2D eigenvalue weighted by molar-refractivity contribution is 9.10. The Morgan fingerprint density at radius 1 is 1.27 bits per heavy atom. The summed E-state index contributed by atoms with van der Waals surface area (Å²) >= 11 is 9.17. The number of methoxy groups -OCH3 is 1. The SMILES string of the molecule is COc1ccc(S(=O)(=O)n2cc(CCl)c3cc([N+](=O)[O-])ccc32)c(Br)c1. The lowest BCUT2D eigenvalue weighted by Gasteiger charge is -2.10. The van der Waals surface area contributed by atoms with Crippen LogP contribution < -0.4 is 4.74 Å². The van der Waals surface area contributed by atoms with Gasteiger partial charge in [0.25, 0.3) is 15.7 Å². The van der Waals surface area contributed by atoms with Gasteiger partial charge < -0.3 is 4.74 Å². The number of aromatic nitrogens is 1. The van der Waals surface area contributed by atoms with Gasteiger partial charge in [-0.05, 0) is 45.8 Å². The van der Waals surface area contributed by atoms with Crippen LogP contribution in [-0.2, 0) is 15.9 Å². The number of fused-ring (bicyclic) bond motifs is 1. The number of hydrogen-bond acceptors (Lipinski definition) is 5. The maximum Gasteiger partial charge on any atom is 0.270 e. The van der Waals surface area contributed by atoms with Crippen molar-refractivity contribution in [2.24, 2.45) is 0 Å². The molecule has 0 unspecified atom stereocenters. The van der Waals surface area contributed by atoms with Gasteiger partial charge in [-0.2, -0.15) is 0 Å². The molecule has 3 aromatic rings. The molecule has 0 saturated carbocycles. The first-order chi connectivity index (χ1) is 12.3. The molecule has 0 saturated heterocycles. The summed E-state index contributed by atoms with van der Waals surface area (Å²) in [6.45, 7) is 0. The van der Waals surface area contributed by atoms with Crippen LogP contribution in [0.5, 0.6) is 5.75 Å². The van der Waals surface area contributed by atoms with E-state index in [1.165, 1.54) is 43.6 Å². The van der Waals surface area contributed by atoms with E-state index in [-0.39, 0.29) is 16.5 Å². The fourth-order valence-corrected chi connectivity index (χ4v) is 5.22. The molecule has 0 N–H and O–H groups in total. The quantitative estimate of drug-likeness (QED) is 0.322. The molecule has 3 rings (SSSR count). The Bertz CT molecular complexity index is 1130. The third-order valence-corrected chi connectivity index (χ3v) is 6.81. The number of hydrogen-bond donors (Lipinski definition) is 0. The number of benzene rings is 2. The van der Waals surface area contributed by atoms with Crippen molar-refractivity contribution in [3.63, 3.8) is 0 Å². The molecule has 0 bridgehead atoms.